The van der Waals surface area contributed by atoms with Crippen molar-refractivity contribution < 1.29 is 5.11 Å². The van der Waals surface area contributed by atoms with Gasteiger partial charge < -0.3 is 10.8 Å². The standard InChI is InChI=1S/C12H25NO/c1-10(2)9-11(13)12(14)7-5-3-4-6-8-12/h10-11,14H,3-9,13H2,1-2H3. The molecule has 0 aromatic carbocycles. The van der Waals surface area contributed by atoms with Gasteiger partial charge in [0.05, 0.1) is 5.60 Å². The van der Waals surface area contributed by atoms with E-state index in [9.17, 15) is 5.11 Å². The van der Waals surface area contributed by atoms with E-state index >= 15 is 0 Å². The third-order valence-corrected chi connectivity index (χ3v) is 3.38. The molecule has 0 bridgehead atoms. The molecule has 0 aliphatic heterocycles. The number of hydrogen-bond acceptors (Lipinski definition) is 2. The summed E-state index contributed by atoms with van der Waals surface area (Å²) in [6.45, 7) is 4.33. The van der Waals surface area contributed by atoms with Crippen molar-refractivity contribution in [1.29, 1.82) is 0 Å². The first-order valence-corrected chi connectivity index (χ1v) is 6.02. The van der Waals surface area contributed by atoms with Crippen LogP contribution in [0, 0.1) is 5.92 Å². The Morgan fingerprint density at radius 2 is 1.64 bits per heavy atom. The lowest BCUT2D eigenvalue weighted by molar-refractivity contribution is -0.00609. The van der Waals surface area contributed by atoms with Gasteiger partial charge in [-0.3, -0.25) is 0 Å². The van der Waals surface area contributed by atoms with Crippen LogP contribution in [0.2, 0.25) is 0 Å². The molecule has 1 aliphatic rings. The average molecular weight is 199 g/mol. The van der Waals surface area contributed by atoms with Crippen molar-refractivity contribution in [2.45, 2.75) is 70.4 Å². The third kappa shape index (κ3) is 3.25. The molecule has 1 aliphatic carbocycles. The Bertz CT molecular complexity index is 160. The summed E-state index contributed by atoms with van der Waals surface area (Å²) in [4.78, 5) is 0. The molecule has 0 aromatic rings. The summed E-state index contributed by atoms with van der Waals surface area (Å²) >= 11 is 0. The van der Waals surface area contributed by atoms with Gasteiger partial charge in [-0.05, 0) is 25.2 Å². The predicted molar refractivity (Wildman–Crippen MR) is 60.1 cm³/mol. The van der Waals surface area contributed by atoms with Gasteiger partial charge >= 0.3 is 0 Å². The lowest BCUT2D eigenvalue weighted by atomic mass is 9.83. The molecule has 3 N–H and O–H groups in total. The van der Waals surface area contributed by atoms with Gasteiger partial charge in [-0.1, -0.05) is 39.5 Å². The lowest BCUT2D eigenvalue weighted by Crippen LogP contribution is -2.48. The largest absolute Gasteiger partial charge is 0.388 e. The van der Waals surface area contributed by atoms with E-state index in [0.29, 0.717) is 5.92 Å². The molecule has 1 unspecified atom stereocenters. The molecule has 0 amide bonds. The maximum Gasteiger partial charge on any atom is 0.0798 e. The molecule has 0 radical (unpaired) electrons. The lowest BCUT2D eigenvalue weighted by Gasteiger charge is -2.34. The van der Waals surface area contributed by atoms with Gasteiger partial charge in [0.1, 0.15) is 0 Å². The normalized spacial score (nSPS) is 24.6. The zero-order chi connectivity index (χ0) is 10.6. The topological polar surface area (TPSA) is 46.2 Å². The molecule has 1 atom stereocenters. The van der Waals surface area contributed by atoms with Crippen LogP contribution < -0.4 is 5.73 Å². The second kappa shape index (κ2) is 5.13. The van der Waals surface area contributed by atoms with Crippen LogP contribution in [0.3, 0.4) is 0 Å². The first-order chi connectivity index (χ1) is 6.54. The summed E-state index contributed by atoms with van der Waals surface area (Å²) in [6.07, 6.45) is 7.55. The first-order valence-electron chi connectivity index (χ1n) is 6.02. The zero-order valence-corrected chi connectivity index (χ0v) is 9.63. The Morgan fingerprint density at radius 1 is 1.14 bits per heavy atom. The Labute approximate surface area is 87.9 Å². The van der Waals surface area contributed by atoms with E-state index in [4.69, 9.17) is 5.73 Å². The molecule has 2 heteroatoms. The Hall–Kier alpha value is -0.0800. The first kappa shape index (κ1) is 12.0. The van der Waals surface area contributed by atoms with Crippen molar-refractivity contribution in [3.63, 3.8) is 0 Å². The minimum atomic E-state index is -0.569. The summed E-state index contributed by atoms with van der Waals surface area (Å²) < 4.78 is 0. The highest BCUT2D eigenvalue weighted by Crippen LogP contribution is 2.31. The van der Waals surface area contributed by atoms with E-state index in [1.54, 1.807) is 0 Å². The maximum atomic E-state index is 10.4. The number of rotatable bonds is 3. The molecule has 0 spiro atoms. The fourth-order valence-electron chi connectivity index (χ4n) is 2.44. The van der Waals surface area contributed by atoms with Crippen LogP contribution in [-0.2, 0) is 0 Å². The van der Waals surface area contributed by atoms with Crippen molar-refractivity contribution in [2.75, 3.05) is 0 Å². The SMILES string of the molecule is CC(C)CC(N)C1(O)CCCCCC1. The monoisotopic (exact) mass is 199 g/mol. The zero-order valence-electron chi connectivity index (χ0n) is 9.63. The number of hydrogen-bond donors (Lipinski definition) is 2. The molecular weight excluding hydrogens is 174 g/mol. The van der Waals surface area contributed by atoms with Gasteiger partial charge in [-0.25, -0.2) is 0 Å². The fraction of sp³-hybridized carbons (Fsp3) is 1.00. The maximum absolute atomic E-state index is 10.4. The van der Waals surface area contributed by atoms with Gasteiger partial charge in [-0.2, -0.15) is 0 Å². The van der Waals surface area contributed by atoms with Crippen molar-refractivity contribution >= 4 is 0 Å². The van der Waals surface area contributed by atoms with Gasteiger partial charge in [0.25, 0.3) is 0 Å². The van der Waals surface area contributed by atoms with Crippen LogP contribution in [0.4, 0.5) is 0 Å². The van der Waals surface area contributed by atoms with Crippen LogP contribution in [0.1, 0.15) is 58.8 Å². The van der Waals surface area contributed by atoms with Gasteiger partial charge in [-0.15, -0.1) is 0 Å². The van der Waals surface area contributed by atoms with Crippen molar-refractivity contribution in [2.24, 2.45) is 11.7 Å². The molecule has 1 fully saturated rings. The van der Waals surface area contributed by atoms with Gasteiger partial charge in [0.15, 0.2) is 0 Å². The van der Waals surface area contributed by atoms with Crippen LogP contribution in [0.5, 0.6) is 0 Å². The fourth-order valence-corrected chi connectivity index (χ4v) is 2.44. The van der Waals surface area contributed by atoms with E-state index in [2.05, 4.69) is 13.8 Å². The van der Waals surface area contributed by atoms with E-state index in [1.807, 2.05) is 0 Å². The molecular formula is C12H25NO. The van der Waals surface area contributed by atoms with Gasteiger partial charge in [0.2, 0.25) is 0 Å². The third-order valence-electron chi connectivity index (χ3n) is 3.38. The Balaban J connectivity index is 2.51. The highest BCUT2D eigenvalue weighted by molar-refractivity contribution is 4.91. The smallest absolute Gasteiger partial charge is 0.0798 e. The minimum absolute atomic E-state index is 0.0272. The van der Waals surface area contributed by atoms with Crippen LogP contribution >= 0.6 is 0 Å². The summed E-state index contributed by atoms with van der Waals surface area (Å²) in [5.41, 5.74) is 5.53. The molecule has 2 nitrogen and oxygen atoms in total. The molecule has 0 aromatic heterocycles. The number of aliphatic hydroxyl groups is 1. The molecule has 0 heterocycles. The van der Waals surface area contributed by atoms with Crippen molar-refractivity contribution in [3.05, 3.63) is 0 Å². The van der Waals surface area contributed by atoms with E-state index in [0.717, 1.165) is 32.1 Å². The highest BCUT2D eigenvalue weighted by Gasteiger charge is 2.34. The second-order valence-electron chi connectivity index (χ2n) is 5.25. The Morgan fingerprint density at radius 3 is 2.07 bits per heavy atom. The minimum Gasteiger partial charge on any atom is -0.388 e. The molecule has 84 valence electrons. The predicted octanol–water partition coefficient (Wildman–Crippen LogP) is 2.45. The highest BCUT2D eigenvalue weighted by atomic mass is 16.3. The Kier molecular flexibility index (Phi) is 4.39. The number of nitrogens with two attached hydrogens (primary N) is 1. The molecule has 0 saturated heterocycles. The average Bonchev–Trinajstić information content (AvgIpc) is 2.30. The summed E-state index contributed by atoms with van der Waals surface area (Å²) in [6, 6.07) is -0.0272. The molecule has 1 rings (SSSR count). The van der Waals surface area contributed by atoms with E-state index in [1.165, 1.54) is 12.8 Å². The summed E-state index contributed by atoms with van der Waals surface area (Å²) in [5.74, 6) is 0.581. The van der Waals surface area contributed by atoms with Crippen LogP contribution in [0.25, 0.3) is 0 Å². The summed E-state index contributed by atoms with van der Waals surface area (Å²) in [7, 11) is 0. The quantitative estimate of drug-likeness (QED) is 0.686. The van der Waals surface area contributed by atoms with Crippen molar-refractivity contribution in [1.82, 2.24) is 0 Å². The second-order valence-corrected chi connectivity index (χ2v) is 5.25. The van der Waals surface area contributed by atoms with Gasteiger partial charge in [0, 0.05) is 6.04 Å². The molecule has 14 heavy (non-hydrogen) atoms. The van der Waals surface area contributed by atoms with E-state index in [-0.39, 0.29) is 6.04 Å². The van der Waals surface area contributed by atoms with Crippen LogP contribution in [-0.4, -0.2) is 16.7 Å². The van der Waals surface area contributed by atoms with E-state index < -0.39 is 5.60 Å². The van der Waals surface area contributed by atoms with Crippen molar-refractivity contribution in [3.8, 4) is 0 Å². The summed E-state index contributed by atoms with van der Waals surface area (Å²) in [5, 5.41) is 10.4. The van der Waals surface area contributed by atoms with Crippen LogP contribution in [0.15, 0.2) is 0 Å². The molecule has 1 saturated carbocycles.